The summed E-state index contributed by atoms with van der Waals surface area (Å²) in [7, 11) is 0. The van der Waals surface area contributed by atoms with Crippen molar-refractivity contribution >= 4 is 11.8 Å². The van der Waals surface area contributed by atoms with Gasteiger partial charge in [-0.2, -0.15) is 4.98 Å². The van der Waals surface area contributed by atoms with Crippen LogP contribution in [0.4, 0.5) is 0 Å². The molecule has 4 aromatic rings. The molecule has 7 heteroatoms. The van der Waals surface area contributed by atoms with E-state index in [1.54, 1.807) is 0 Å². The maximum absolute atomic E-state index is 5.54. The maximum Gasteiger partial charge on any atom is 0.237 e. The zero-order valence-electron chi connectivity index (χ0n) is 18.5. The second-order valence-electron chi connectivity index (χ2n) is 7.81. The van der Waals surface area contributed by atoms with Gasteiger partial charge in [0.25, 0.3) is 0 Å². The Bertz CT molecular complexity index is 1140. The van der Waals surface area contributed by atoms with Gasteiger partial charge < -0.3 is 9.26 Å². The van der Waals surface area contributed by atoms with E-state index in [2.05, 4.69) is 58.5 Å². The first-order valence-corrected chi connectivity index (χ1v) is 11.7. The molecule has 0 aliphatic carbocycles. The molecule has 32 heavy (non-hydrogen) atoms. The molecular weight excluding hydrogens is 420 g/mol. The topological polar surface area (TPSA) is 73.9 Å². The van der Waals surface area contributed by atoms with E-state index in [9.17, 15) is 0 Å². The molecule has 4 rings (SSSR count). The first-order chi connectivity index (χ1) is 15.6. The fourth-order valence-electron chi connectivity index (χ4n) is 3.29. The molecule has 0 aliphatic heterocycles. The highest BCUT2D eigenvalue weighted by atomic mass is 32.2. The monoisotopic (exact) mass is 446 g/mol. The number of hydrogen-bond acceptors (Lipinski definition) is 7. The van der Waals surface area contributed by atoms with E-state index in [0.717, 1.165) is 34.0 Å². The van der Waals surface area contributed by atoms with Crippen molar-refractivity contribution in [2.24, 2.45) is 5.92 Å². The molecule has 2 aromatic carbocycles. The number of hydrogen-bond donors (Lipinski definition) is 0. The Morgan fingerprint density at radius 3 is 2.53 bits per heavy atom. The lowest BCUT2D eigenvalue weighted by Crippen LogP contribution is -1.94. The quantitative estimate of drug-likeness (QED) is 0.288. The van der Waals surface area contributed by atoms with Crippen molar-refractivity contribution in [1.29, 1.82) is 0 Å². The maximum atomic E-state index is 5.54. The molecule has 0 aliphatic rings. The molecule has 164 valence electrons. The molecule has 0 N–H and O–H groups in total. The van der Waals surface area contributed by atoms with Gasteiger partial charge in [-0.15, -0.1) is 10.2 Å². The molecule has 0 fully saturated rings. The number of aromatic nitrogens is 4. The van der Waals surface area contributed by atoms with Crippen LogP contribution >= 0.6 is 11.8 Å². The van der Waals surface area contributed by atoms with Crippen LogP contribution in [0.15, 0.2) is 70.2 Å². The van der Waals surface area contributed by atoms with Crippen LogP contribution in [-0.4, -0.2) is 26.9 Å². The molecule has 0 amide bonds. The van der Waals surface area contributed by atoms with Gasteiger partial charge in [0.15, 0.2) is 0 Å². The summed E-state index contributed by atoms with van der Waals surface area (Å²) >= 11 is 1.51. The number of thioether (sulfide) groups is 1. The van der Waals surface area contributed by atoms with E-state index in [4.69, 9.17) is 9.26 Å². The number of rotatable bonds is 9. The summed E-state index contributed by atoms with van der Waals surface area (Å²) in [5, 5.41) is 13.6. The van der Waals surface area contributed by atoms with Gasteiger partial charge in [0, 0.05) is 11.1 Å². The number of nitrogens with zero attached hydrogens (tertiary/aromatic N) is 4. The van der Waals surface area contributed by atoms with Gasteiger partial charge >= 0.3 is 0 Å². The molecule has 0 radical (unpaired) electrons. The molecule has 0 atom stereocenters. The Morgan fingerprint density at radius 2 is 1.81 bits per heavy atom. The molecule has 6 nitrogen and oxygen atoms in total. The van der Waals surface area contributed by atoms with Crippen molar-refractivity contribution in [3.05, 3.63) is 72.1 Å². The summed E-state index contributed by atoms with van der Waals surface area (Å²) in [6.45, 7) is 7.02. The minimum atomic E-state index is 0.524. The van der Waals surface area contributed by atoms with Gasteiger partial charge in [0.05, 0.1) is 18.1 Å². The van der Waals surface area contributed by atoms with Crippen molar-refractivity contribution in [1.82, 2.24) is 20.3 Å². The van der Waals surface area contributed by atoms with Crippen LogP contribution in [0.3, 0.4) is 0 Å². The highest BCUT2D eigenvalue weighted by Gasteiger charge is 2.11. The predicted octanol–water partition coefficient (Wildman–Crippen LogP) is 6.08. The molecule has 0 saturated carbocycles. The lowest BCUT2D eigenvalue weighted by atomic mass is 10.0. The largest absolute Gasteiger partial charge is 0.494 e. The molecular formula is C25H26N4O2S. The third kappa shape index (κ3) is 5.73. The van der Waals surface area contributed by atoms with Crippen molar-refractivity contribution in [3.8, 4) is 28.4 Å². The Balaban J connectivity index is 1.36. The molecule has 0 spiro atoms. The summed E-state index contributed by atoms with van der Waals surface area (Å²) in [6, 6.07) is 20.2. The predicted molar refractivity (Wildman–Crippen MR) is 126 cm³/mol. The van der Waals surface area contributed by atoms with Gasteiger partial charge in [-0.1, -0.05) is 67.2 Å². The third-order valence-electron chi connectivity index (χ3n) is 4.75. The second kappa shape index (κ2) is 10.4. The fraction of sp³-hybridized carbons (Fsp3) is 0.280. The molecule has 0 unspecified atom stereocenters. The van der Waals surface area contributed by atoms with E-state index >= 15 is 0 Å². The van der Waals surface area contributed by atoms with Crippen LogP contribution in [-0.2, 0) is 12.2 Å². The fourth-order valence-corrected chi connectivity index (χ4v) is 3.94. The van der Waals surface area contributed by atoms with Crippen LogP contribution in [0.2, 0.25) is 0 Å². The molecule has 0 bridgehead atoms. The van der Waals surface area contributed by atoms with E-state index < -0.39 is 0 Å². The van der Waals surface area contributed by atoms with Crippen LogP contribution in [0.1, 0.15) is 32.2 Å². The van der Waals surface area contributed by atoms with E-state index in [1.165, 1.54) is 17.3 Å². The van der Waals surface area contributed by atoms with Gasteiger partial charge in [-0.3, -0.25) is 0 Å². The van der Waals surface area contributed by atoms with Crippen molar-refractivity contribution < 1.29 is 9.26 Å². The highest BCUT2D eigenvalue weighted by Crippen LogP contribution is 2.25. The van der Waals surface area contributed by atoms with Crippen LogP contribution in [0.25, 0.3) is 22.6 Å². The molecule has 2 aromatic heterocycles. The average molecular weight is 447 g/mol. The van der Waals surface area contributed by atoms with Gasteiger partial charge in [-0.25, -0.2) is 0 Å². The van der Waals surface area contributed by atoms with E-state index in [-0.39, 0.29) is 0 Å². The SMILES string of the molecule is CCOc1cccc(-c2noc(CSc3ccc(-c4ccc(CC(C)C)cc4)nn3)n2)c1. The smallest absolute Gasteiger partial charge is 0.237 e. The highest BCUT2D eigenvalue weighted by molar-refractivity contribution is 7.98. The molecule has 0 saturated heterocycles. The van der Waals surface area contributed by atoms with Crippen LogP contribution in [0.5, 0.6) is 5.75 Å². The van der Waals surface area contributed by atoms with Gasteiger partial charge in [0.2, 0.25) is 11.7 Å². The van der Waals surface area contributed by atoms with E-state index in [1.807, 2.05) is 43.3 Å². The van der Waals surface area contributed by atoms with Crippen LogP contribution < -0.4 is 4.74 Å². The van der Waals surface area contributed by atoms with Crippen molar-refractivity contribution in [2.75, 3.05) is 6.61 Å². The zero-order chi connectivity index (χ0) is 22.3. The minimum absolute atomic E-state index is 0.524. The second-order valence-corrected chi connectivity index (χ2v) is 8.81. The zero-order valence-corrected chi connectivity index (χ0v) is 19.3. The average Bonchev–Trinajstić information content (AvgIpc) is 3.28. The minimum Gasteiger partial charge on any atom is -0.494 e. The lowest BCUT2D eigenvalue weighted by molar-refractivity contribution is 0.340. The first kappa shape index (κ1) is 22.0. The Labute approximate surface area is 192 Å². The van der Waals surface area contributed by atoms with Crippen molar-refractivity contribution in [3.63, 3.8) is 0 Å². The summed E-state index contributed by atoms with van der Waals surface area (Å²) in [5.41, 5.74) is 4.13. The number of ether oxygens (including phenoxy) is 1. The first-order valence-electron chi connectivity index (χ1n) is 10.7. The Kier molecular flexibility index (Phi) is 7.17. The normalized spacial score (nSPS) is 11.1. The Hall–Kier alpha value is -3.19. The summed E-state index contributed by atoms with van der Waals surface area (Å²) in [6.07, 6.45) is 1.08. The summed E-state index contributed by atoms with van der Waals surface area (Å²) in [4.78, 5) is 4.49. The lowest BCUT2D eigenvalue weighted by Gasteiger charge is -2.06. The summed E-state index contributed by atoms with van der Waals surface area (Å²) in [5.74, 6) is 3.04. The Morgan fingerprint density at radius 1 is 0.969 bits per heavy atom. The standard InChI is InChI=1S/C25H26N4O2S/c1-4-30-21-7-5-6-20(15-21)25-26-23(31-29-25)16-32-24-13-12-22(27-28-24)19-10-8-18(9-11-19)14-17(2)3/h5-13,15,17H,4,14,16H2,1-3H3. The number of benzene rings is 2. The summed E-state index contributed by atoms with van der Waals surface area (Å²) < 4.78 is 10.9. The van der Waals surface area contributed by atoms with Gasteiger partial charge in [-0.05, 0) is 49.1 Å². The van der Waals surface area contributed by atoms with Crippen LogP contribution in [0, 0.1) is 5.92 Å². The van der Waals surface area contributed by atoms with Crippen molar-refractivity contribution in [2.45, 2.75) is 38.0 Å². The van der Waals surface area contributed by atoms with E-state index in [0.29, 0.717) is 30.0 Å². The van der Waals surface area contributed by atoms with Gasteiger partial charge in [0.1, 0.15) is 10.8 Å². The third-order valence-corrected chi connectivity index (χ3v) is 5.65. The molecule has 2 heterocycles.